The van der Waals surface area contributed by atoms with Gasteiger partial charge in [-0.15, -0.1) is 0 Å². The van der Waals surface area contributed by atoms with Gasteiger partial charge in [0.15, 0.2) is 0 Å². The van der Waals surface area contributed by atoms with Crippen LogP contribution in [0.15, 0.2) is 24.3 Å². The Morgan fingerprint density at radius 3 is 2.64 bits per heavy atom. The van der Waals surface area contributed by atoms with Crippen LogP contribution in [0.3, 0.4) is 0 Å². The molecule has 0 spiro atoms. The molecule has 1 aromatic rings. The number of fused-ring (bicyclic) bond motifs is 1. The number of benzene rings is 1. The number of unbranched alkanes of at least 4 members (excludes halogenated alkanes) is 2. The van der Waals surface area contributed by atoms with Crippen molar-refractivity contribution in [3.05, 3.63) is 29.8 Å². The van der Waals surface area contributed by atoms with Crippen LogP contribution in [0.4, 0.5) is 5.69 Å². The molecular formula is C20H32N2. The molecule has 0 N–H and O–H groups in total. The quantitative estimate of drug-likeness (QED) is 0.682. The van der Waals surface area contributed by atoms with Crippen LogP contribution in [-0.4, -0.2) is 31.1 Å². The van der Waals surface area contributed by atoms with Crippen LogP contribution < -0.4 is 4.90 Å². The molecule has 0 bridgehead atoms. The zero-order valence-electron chi connectivity index (χ0n) is 14.4. The molecule has 2 saturated heterocycles. The zero-order valence-corrected chi connectivity index (χ0v) is 14.4. The second kappa shape index (κ2) is 7.50. The fourth-order valence-electron chi connectivity index (χ4n) is 4.30. The maximum atomic E-state index is 2.78. The van der Waals surface area contributed by atoms with Crippen LogP contribution in [0.2, 0.25) is 0 Å². The molecule has 2 atom stereocenters. The van der Waals surface area contributed by atoms with Gasteiger partial charge >= 0.3 is 0 Å². The summed E-state index contributed by atoms with van der Waals surface area (Å²) in [7, 11) is 2.22. The molecule has 2 aliphatic rings. The second-order valence-electron chi connectivity index (χ2n) is 7.20. The van der Waals surface area contributed by atoms with Crippen molar-refractivity contribution in [1.82, 2.24) is 4.90 Å². The van der Waals surface area contributed by atoms with E-state index in [4.69, 9.17) is 0 Å². The topological polar surface area (TPSA) is 6.48 Å². The van der Waals surface area contributed by atoms with Crippen molar-refractivity contribution in [2.24, 2.45) is 0 Å². The Balaban J connectivity index is 1.61. The van der Waals surface area contributed by atoms with Gasteiger partial charge in [0, 0.05) is 31.4 Å². The minimum atomic E-state index is 0.685. The Morgan fingerprint density at radius 1 is 1.05 bits per heavy atom. The SMILES string of the molecule is CCCCCN(C)c1ccc(C2CCC3CCCCN32)cc1. The summed E-state index contributed by atoms with van der Waals surface area (Å²) in [5.74, 6) is 0. The molecule has 0 aliphatic carbocycles. The van der Waals surface area contributed by atoms with Crippen molar-refractivity contribution in [1.29, 1.82) is 0 Å². The van der Waals surface area contributed by atoms with Gasteiger partial charge in [-0.2, -0.15) is 0 Å². The van der Waals surface area contributed by atoms with E-state index in [1.54, 1.807) is 0 Å². The monoisotopic (exact) mass is 300 g/mol. The van der Waals surface area contributed by atoms with Crippen molar-refractivity contribution < 1.29 is 0 Å². The van der Waals surface area contributed by atoms with Gasteiger partial charge in [-0.25, -0.2) is 0 Å². The predicted octanol–water partition coefficient (Wildman–Crippen LogP) is 5.00. The summed E-state index contributed by atoms with van der Waals surface area (Å²) in [6.45, 7) is 4.75. The third-order valence-corrected chi connectivity index (χ3v) is 5.66. The smallest absolute Gasteiger partial charge is 0.0363 e. The van der Waals surface area contributed by atoms with Crippen molar-refractivity contribution in [2.45, 2.75) is 70.4 Å². The van der Waals surface area contributed by atoms with Gasteiger partial charge in [0.1, 0.15) is 0 Å². The molecule has 122 valence electrons. The molecule has 0 radical (unpaired) electrons. The highest BCUT2D eigenvalue weighted by Crippen LogP contribution is 2.40. The summed E-state index contributed by atoms with van der Waals surface area (Å²) in [6.07, 6.45) is 11.0. The lowest BCUT2D eigenvalue weighted by molar-refractivity contribution is 0.150. The summed E-state index contributed by atoms with van der Waals surface area (Å²) >= 11 is 0. The van der Waals surface area contributed by atoms with E-state index in [0.29, 0.717) is 6.04 Å². The average Bonchev–Trinajstić information content (AvgIpc) is 2.99. The van der Waals surface area contributed by atoms with Gasteiger partial charge in [0.2, 0.25) is 0 Å². The second-order valence-corrected chi connectivity index (χ2v) is 7.20. The van der Waals surface area contributed by atoms with E-state index in [0.717, 1.165) is 6.04 Å². The molecule has 2 heteroatoms. The first kappa shape index (κ1) is 15.9. The average molecular weight is 300 g/mol. The number of rotatable bonds is 6. The molecule has 2 unspecified atom stereocenters. The van der Waals surface area contributed by atoms with Gasteiger partial charge in [0.05, 0.1) is 0 Å². The minimum Gasteiger partial charge on any atom is -0.375 e. The first-order valence-corrected chi connectivity index (χ1v) is 9.36. The standard InChI is InChI=1S/C20H32N2/c1-3-4-6-15-21(2)18-11-9-17(10-12-18)20-14-13-19-8-5-7-16-22(19)20/h9-12,19-20H,3-8,13-16H2,1-2H3. The van der Waals surface area contributed by atoms with E-state index in [-0.39, 0.29) is 0 Å². The van der Waals surface area contributed by atoms with E-state index in [2.05, 4.69) is 48.0 Å². The Morgan fingerprint density at radius 2 is 1.86 bits per heavy atom. The summed E-state index contributed by atoms with van der Waals surface area (Å²) in [5, 5.41) is 0. The molecule has 0 amide bonds. The highest BCUT2D eigenvalue weighted by Gasteiger charge is 2.35. The Bertz CT molecular complexity index is 453. The predicted molar refractivity (Wildman–Crippen MR) is 95.6 cm³/mol. The van der Waals surface area contributed by atoms with Crippen molar-refractivity contribution in [3.8, 4) is 0 Å². The first-order valence-electron chi connectivity index (χ1n) is 9.36. The van der Waals surface area contributed by atoms with Crippen LogP contribution >= 0.6 is 0 Å². The number of nitrogens with zero attached hydrogens (tertiary/aromatic N) is 2. The van der Waals surface area contributed by atoms with E-state index >= 15 is 0 Å². The van der Waals surface area contributed by atoms with Crippen LogP contribution in [-0.2, 0) is 0 Å². The Kier molecular flexibility index (Phi) is 5.41. The van der Waals surface area contributed by atoms with E-state index in [1.807, 2.05) is 0 Å². The minimum absolute atomic E-state index is 0.685. The van der Waals surface area contributed by atoms with Gasteiger partial charge in [0.25, 0.3) is 0 Å². The Labute approximate surface area is 136 Å². The fourth-order valence-corrected chi connectivity index (χ4v) is 4.30. The highest BCUT2D eigenvalue weighted by atomic mass is 15.2. The summed E-state index contributed by atoms with van der Waals surface area (Å²) in [6, 6.07) is 11.0. The zero-order chi connectivity index (χ0) is 15.4. The molecular weight excluding hydrogens is 268 g/mol. The fraction of sp³-hybridized carbons (Fsp3) is 0.700. The molecule has 2 heterocycles. The van der Waals surface area contributed by atoms with Crippen molar-refractivity contribution in [3.63, 3.8) is 0 Å². The van der Waals surface area contributed by atoms with Crippen LogP contribution in [0.5, 0.6) is 0 Å². The van der Waals surface area contributed by atoms with E-state index in [1.165, 1.54) is 75.7 Å². The summed E-state index contributed by atoms with van der Waals surface area (Å²) in [5.41, 5.74) is 2.91. The third-order valence-electron chi connectivity index (χ3n) is 5.66. The van der Waals surface area contributed by atoms with E-state index in [9.17, 15) is 0 Å². The number of piperidine rings is 1. The molecule has 2 aliphatic heterocycles. The largest absolute Gasteiger partial charge is 0.375 e. The van der Waals surface area contributed by atoms with Gasteiger partial charge in [-0.1, -0.05) is 38.3 Å². The van der Waals surface area contributed by atoms with Crippen molar-refractivity contribution in [2.75, 3.05) is 25.0 Å². The third kappa shape index (κ3) is 3.48. The van der Waals surface area contributed by atoms with E-state index < -0.39 is 0 Å². The Hall–Kier alpha value is -1.02. The van der Waals surface area contributed by atoms with Crippen LogP contribution in [0.1, 0.15) is 69.9 Å². The number of hydrogen-bond acceptors (Lipinski definition) is 2. The molecule has 3 rings (SSSR count). The molecule has 0 saturated carbocycles. The van der Waals surface area contributed by atoms with Crippen LogP contribution in [0.25, 0.3) is 0 Å². The molecule has 0 aromatic heterocycles. The molecule has 22 heavy (non-hydrogen) atoms. The number of hydrogen-bond donors (Lipinski definition) is 0. The lowest BCUT2D eigenvalue weighted by Crippen LogP contribution is -2.35. The summed E-state index contributed by atoms with van der Waals surface area (Å²) in [4.78, 5) is 5.18. The van der Waals surface area contributed by atoms with Crippen LogP contribution in [0, 0.1) is 0 Å². The van der Waals surface area contributed by atoms with Gasteiger partial charge < -0.3 is 4.90 Å². The highest BCUT2D eigenvalue weighted by molar-refractivity contribution is 5.47. The molecule has 2 fully saturated rings. The maximum Gasteiger partial charge on any atom is 0.0363 e. The molecule has 2 nitrogen and oxygen atoms in total. The molecule has 1 aromatic carbocycles. The van der Waals surface area contributed by atoms with Crippen molar-refractivity contribution >= 4 is 5.69 Å². The number of anilines is 1. The lowest BCUT2D eigenvalue weighted by Gasteiger charge is -2.34. The lowest BCUT2D eigenvalue weighted by atomic mass is 10.0. The normalized spacial score (nSPS) is 25.2. The maximum absolute atomic E-state index is 2.78. The van der Waals surface area contributed by atoms with Gasteiger partial charge in [-0.05, 0) is 56.3 Å². The first-order chi connectivity index (χ1) is 10.8. The van der Waals surface area contributed by atoms with Gasteiger partial charge in [-0.3, -0.25) is 4.90 Å². The summed E-state index contributed by atoms with van der Waals surface area (Å²) < 4.78 is 0.